The van der Waals surface area contributed by atoms with Gasteiger partial charge in [-0.1, -0.05) is 115 Å². The summed E-state index contributed by atoms with van der Waals surface area (Å²) in [5.74, 6) is 0. The van der Waals surface area contributed by atoms with Crippen molar-refractivity contribution in [3.63, 3.8) is 0 Å². The molecule has 0 bridgehead atoms. The lowest BCUT2D eigenvalue weighted by molar-refractivity contribution is 0.978. The van der Waals surface area contributed by atoms with Gasteiger partial charge in [-0.3, -0.25) is 0 Å². The number of nitrogens with zero attached hydrogens (tertiary/aromatic N) is 1. The van der Waals surface area contributed by atoms with Gasteiger partial charge >= 0.3 is 0 Å². The Morgan fingerprint density at radius 1 is 0.463 bits per heavy atom. The van der Waals surface area contributed by atoms with E-state index in [1.54, 1.807) is 0 Å². The molecule has 0 N–H and O–H groups in total. The molecule has 8 rings (SSSR count). The summed E-state index contributed by atoms with van der Waals surface area (Å²) in [6.45, 7) is 2.20. The molecule has 0 saturated carbocycles. The van der Waals surface area contributed by atoms with Crippen LogP contribution in [0.15, 0.2) is 127 Å². The monoisotopic (exact) mass is 525 g/mol. The quantitative estimate of drug-likeness (QED) is 0.203. The fraction of sp³-hybridized carbons (Fsp3) is 0.100. The van der Waals surface area contributed by atoms with Crippen LogP contribution >= 0.6 is 0 Å². The highest BCUT2D eigenvalue weighted by Gasteiger charge is 2.21. The van der Waals surface area contributed by atoms with Crippen LogP contribution in [0.5, 0.6) is 0 Å². The largest absolute Gasteiger partial charge is 0.344 e. The number of para-hydroxylation sites is 1. The summed E-state index contributed by atoms with van der Waals surface area (Å²) in [5, 5.41) is 7.74. The molecule has 196 valence electrons. The van der Waals surface area contributed by atoms with Crippen LogP contribution < -0.4 is 4.90 Å². The zero-order chi connectivity index (χ0) is 27.5. The van der Waals surface area contributed by atoms with Crippen LogP contribution in [0.1, 0.15) is 16.7 Å². The molecule has 1 aliphatic heterocycles. The van der Waals surface area contributed by atoms with Crippen LogP contribution in [0, 0.1) is 6.92 Å². The Labute approximate surface area is 241 Å². The molecule has 0 radical (unpaired) electrons. The highest BCUT2D eigenvalue weighted by molar-refractivity contribution is 6.22. The minimum absolute atomic E-state index is 1.05. The molecule has 1 aliphatic rings. The SMILES string of the molecule is Cc1ccc2c(-c3ccc4ccccc4c3)c3ccccc3c(-c3ccc4c(c3)N(C)c3ccccc3CC4)c2c1. The molecule has 0 amide bonds. The maximum atomic E-state index is 2.43. The number of benzene rings is 7. The predicted molar refractivity (Wildman–Crippen MR) is 176 cm³/mol. The molecule has 0 aromatic heterocycles. The smallest absolute Gasteiger partial charge is 0.0447 e. The first-order valence-electron chi connectivity index (χ1n) is 14.5. The molecule has 0 fully saturated rings. The van der Waals surface area contributed by atoms with E-state index < -0.39 is 0 Å². The third-order valence-corrected chi connectivity index (χ3v) is 8.97. The van der Waals surface area contributed by atoms with Gasteiger partial charge in [-0.05, 0) is 104 Å². The number of hydrogen-bond acceptors (Lipinski definition) is 1. The summed E-state index contributed by atoms with van der Waals surface area (Å²) in [4.78, 5) is 2.39. The van der Waals surface area contributed by atoms with Crippen molar-refractivity contribution >= 4 is 43.7 Å². The number of rotatable bonds is 2. The maximum Gasteiger partial charge on any atom is 0.0447 e. The summed E-state index contributed by atoms with van der Waals surface area (Å²) in [6, 6.07) is 47.5. The number of fused-ring (bicyclic) bond motifs is 5. The van der Waals surface area contributed by atoms with E-state index in [1.807, 2.05) is 0 Å². The van der Waals surface area contributed by atoms with Gasteiger partial charge in [0.2, 0.25) is 0 Å². The van der Waals surface area contributed by atoms with Crippen molar-refractivity contribution in [2.75, 3.05) is 11.9 Å². The first kappa shape index (κ1) is 24.0. The van der Waals surface area contributed by atoms with Crippen LogP contribution in [0.3, 0.4) is 0 Å². The van der Waals surface area contributed by atoms with Crippen molar-refractivity contribution < 1.29 is 0 Å². The summed E-state index contributed by atoms with van der Waals surface area (Å²) < 4.78 is 0. The molecule has 1 heterocycles. The van der Waals surface area contributed by atoms with E-state index in [2.05, 4.69) is 146 Å². The van der Waals surface area contributed by atoms with Crippen molar-refractivity contribution in [3.05, 3.63) is 144 Å². The normalized spacial score (nSPS) is 12.9. The van der Waals surface area contributed by atoms with E-state index in [9.17, 15) is 0 Å². The van der Waals surface area contributed by atoms with Gasteiger partial charge in [-0.15, -0.1) is 0 Å². The number of anilines is 2. The third-order valence-electron chi connectivity index (χ3n) is 8.97. The van der Waals surface area contributed by atoms with Crippen molar-refractivity contribution in [2.24, 2.45) is 0 Å². The third kappa shape index (κ3) is 3.84. The molecule has 0 spiro atoms. The molecule has 7 aromatic carbocycles. The fourth-order valence-corrected chi connectivity index (χ4v) is 6.95. The molecule has 1 nitrogen and oxygen atoms in total. The number of aryl methyl sites for hydroxylation is 3. The summed E-state index contributed by atoms with van der Waals surface area (Å²) in [6.07, 6.45) is 2.12. The van der Waals surface area contributed by atoms with Crippen LogP contribution in [-0.4, -0.2) is 7.05 Å². The van der Waals surface area contributed by atoms with E-state index in [0.717, 1.165) is 12.8 Å². The molecule has 1 heteroatoms. The van der Waals surface area contributed by atoms with Gasteiger partial charge in [0.1, 0.15) is 0 Å². The van der Waals surface area contributed by atoms with Crippen LogP contribution in [0.25, 0.3) is 54.6 Å². The average molecular weight is 526 g/mol. The average Bonchev–Trinajstić information content (AvgIpc) is 3.15. The van der Waals surface area contributed by atoms with Crippen LogP contribution in [-0.2, 0) is 12.8 Å². The summed E-state index contributed by atoms with van der Waals surface area (Å²) >= 11 is 0. The minimum Gasteiger partial charge on any atom is -0.344 e. The van der Waals surface area contributed by atoms with Crippen LogP contribution in [0.2, 0.25) is 0 Å². The molecule has 0 unspecified atom stereocenters. The Kier molecular flexibility index (Phi) is 5.47. The maximum absolute atomic E-state index is 2.43. The van der Waals surface area contributed by atoms with Gasteiger partial charge in [-0.2, -0.15) is 0 Å². The van der Waals surface area contributed by atoms with E-state index in [4.69, 9.17) is 0 Å². The summed E-state index contributed by atoms with van der Waals surface area (Å²) in [7, 11) is 2.22. The lowest BCUT2D eigenvalue weighted by Gasteiger charge is -2.24. The number of hydrogen-bond donors (Lipinski definition) is 0. The molecule has 0 saturated heterocycles. The van der Waals surface area contributed by atoms with Crippen molar-refractivity contribution in [3.8, 4) is 22.3 Å². The predicted octanol–water partition coefficient (Wildman–Crippen LogP) is 10.7. The van der Waals surface area contributed by atoms with Gasteiger partial charge < -0.3 is 4.90 Å². The lowest BCUT2D eigenvalue weighted by atomic mass is 9.84. The van der Waals surface area contributed by atoms with E-state index in [0.29, 0.717) is 0 Å². The first-order valence-corrected chi connectivity index (χ1v) is 14.5. The Hall–Kier alpha value is -4.88. The minimum atomic E-state index is 1.05. The molecular weight excluding hydrogens is 494 g/mol. The molecule has 7 aromatic rings. The molecular formula is C40H31N. The zero-order valence-electron chi connectivity index (χ0n) is 23.5. The van der Waals surface area contributed by atoms with Crippen LogP contribution in [0.4, 0.5) is 11.4 Å². The first-order chi connectivity index (χ1) is 20.2. The van der Waals surface area contributed by atoms with E-state index in [-0.39, 0.29) is 0 Å². The Morgan fingerprint density at radius 2 is 1.07 bits per heavy atom. The zero-order valence-corrected chi connectivity index (χ0v) is 23.5. The van der Waals surface area contributed by atoms with Crippen molar-refractivity contribution in [1.29, 1.82) is 0 Å². The van der Waals surface area contributed by atoms with Gasteiger partial charge in [0.25, 0.3) is 0 Å². The van der Waals surface area contributed by atoms with Gasteiger partial charge in [0, 0.05) is 18.4 Å². The summed E-state index contributed by atoms with van der Waals surface area (Å²) in [5.41, 5.74) is 11.9. The second kappa shape index (κ2) is 9.35. The van der Waals surface area contributed by atoms with E-state index >= 15 is 0 Å². The highest BCUT2D eigenvalue weighted by Crippen LogP contribution is 2.46. The standard InChI is InChI=1S/C40H31N/c1-26-15-22-35-36(23-26)40(32-21-19-29-18-17-28-10-5-8-14-37(28)41(2)38(29)25-32)34-13-7-6-12-33(34)39(35)31-20-16-27-9-3-4-11-30(27)24-31/h3-16,19-25H,17-18H2,1-2H3. The highest BCUT2D eigenvalue weighted by atomic mass is 15.1. The second-order valence-corrected chi connectivity index (χ2v) is 11.4. The fourth-order valence-electron chi connectivity index (χ4n) is 6.95. The van der Waals surface area contributed by atoms with Crippen molar-refractivity contribution in [1.82, 2.24) is 0 Å². The lowest BCUT2D eigenvalue weighted by Crippen LogP contribution is -2.11. The second-order valence-electron chi connectivity index (χ2n) is 11.4. The van der Waals surface area contributed by atoms with Gasteiger partial charge in [0.05, 0.1) is 0 Å². The van der Waals surface area contributed by atoms with Crippen molar-refractivity contribution in [2.45, 2.75) is 19.8 Å². The molecule has 41 heavy (non-hydrogen) atoms. The molecule has 0 aliphatic carbocycles. The van der Waals surface area contributed by atoms with Gasteiger partial charge in [-0.25, -0.2) is 0 Å². The Balaban J connectivity index is 1.42. The topological polar surface area (TPSA) is 3.24 Å². The Bertz CT molecular complexity index is 2130. The molecule has 0 atom stereocenters. The van der Waals surface area contributed by atoms with Gasteiger partial charge in [0.15, 0.2) is 0 Å². The van der Waals surface area contributed by atoms with E-state index in [1.165, 1.54) is 82.6 Å². The Morgan fingerprint density at radius 3 is 1.90 bits per heavy atom.